The highest BCUT2D eigenvalue weighted by molar-refractivity contribution is 8.00. The van der Waals surface area contributed by atoms with Crippen LogP contribution in [0.25, 0.3) is 6.08 Å². The molecule has 1 amide bonds. The zero-order valence-corrected chi connectivity index (χ0v) is 12.4. The predicted molar refractivity (Wildman–Crippen MR) is 76.9 cm³/mol. The van der Waals surface area contributed by atoms with Crippen LogP contribution < -0.4 is 5.32 Å². The molecular weight excluding hydrogens is 303 g/mol. The molecular formula is C14H16F3NO2S. The Hall–Kier alpha value is -1.47. The van der Waals surface area contributed by atoms with Crippen LogP contribution >= 0.6 is 11.8 Å². The number of amides is 1. The van der Waals surface area contributed by atoms with Crippen LogP contribution in [0, 0.1) is 0 Å². The Morgan fingerprint density at radius 1 is 1.38 bits per heavy atom. The SMILES string of the molecule is COCC(C)NC(=O)C=Cc1ccc(SC(F)(F)F)cc1. The highest BCUT2D eigenvalue weighted by Crippen LogP contribution is 2.36. The largest absolute Gasteiger partial charge is 0.446 e. The molecule has 0 bridgehead atoms. The first-order valence-electron chi connectivity index (χ1n) is 6.13. The third-order valence-electron chi connectivity index (χ3n) is 2.35. The number of benzene rings is 1. The van der Waals surface area contributed by atoms with E-state index < -0.39 is 5.51 Å². The quantitative estimate of drug-likeness (QED) is 0.644. The summed E-state index contributed by atoms with van der Waals surface area (Å²) >= 11 is -0.170. The molecule has 0 fully saturated rings. The number of methoxy groups -OCH3 is 1. The number of thioether (sulfide) groups is 1. The topological polar surface area (TPSA) is 38.3 Å². The summed E-state index contributed by atoms with van der Waals surface area (Å²) in [5, 5.41) is 2.69. The lowest BCUT2D eigenvalue weighted by atomic mass is 10.2. The van der Waals surface area contributed by atoms with Crippen molar-refractivity contribution in [1.82, 2.24) is 5.32 Å². The molecule has 0 aliphatic heterocycles. The van der Waals surface area contributed by atoms with Crippen molar-refractivity contribution in [1.29, 1.82) is 0 Å². The zero-order valence-electron chi connectivity index (χ0n) is 11.6. The fourth-order valence-electron chi connectivity index (χ4n) is 1.54. The van der Waals surface area contributed by atoms with E-state index in [-0.39, 0.29) is 28.6 Å². The molecule has 0 heterocycles. The minimum atomic E-state index is -4.30. The van der Waals surface area contributed by atoms with Gasteiger partial charge in [-0.25, -0.2) is 0 Å². The molecule has 1 rings (SSSR count). The van der Waals surface area contributed by atoms with Crippen molar-refractivity contribution < 1.29 is 22.7 Å². The molecule has 7 heteroatoms. The van der Waals surface area contributed by atoms with Crippen molar-refractivity contribution >= 4 is 23.7 Å². The molecule has 1 N–H and O–H groups in total. The van der Waals surface area contributed by atoms with Gasteiger partial charge in [0.2, 0.25) is 5.91 Å². The smallest absolute Gasteiger partial charge is 0.383 e. The van der Waals surface area contributed by atoms with Gasteiger partial charge < -0.3 is 10.1 Å². The van der Waals surface area contributed by atoms with Gasteiger partial charge in [-0.15, -0.1) is 0 Å². The molecule has 116 valence electrons. The van der Waals surface area contributed by atoms with E-state index >= 15 is 0 Å². The van der Waals surface area contributed by atoms with Crippen LogP contribution in [0.4, 0.5) is 13.2 Å². The van der Waals surface area contributed by atoms with Gasteiger partial charge in [-0.3, -0.25) is 4.79 Å². The van der Waals surface area contributed by atoms with Gasteiger partial charge in [0.15, 0.2) is 0 Å². The Labute approximate surface area is 125 Å². The van der Waals surface area contributed by atoms with Crippen molar-refractivity contribution in [3.63, 3.8) is 0 Å². The minimum absolute atomic E-state index is 0.109. The molecule has 21 heavy (non-hydrogen) atoms. The number of nitrogens with one attached hydrogen (secondary N) is 1. The van der Waals surface area contributed by atoms with Crippen molar-refractivity contribution in [3.05, 3.63) is 35.9 Å². The summed E-state index contributed by atoms with van der Waals surface area (Å²) in [7, 11) is 1.54. The van der Waals surface area contributed by atoms with E-state index in [2.05, 4.69) is 5.32 Å². The fourth-order valence-corrected chi connectivity index (χ4v) is 2.07. The molecule has 0 aliphatic rings. The van der Waals surface area contributed by atoms with E-state index in [4.69, 9.17) is 4.74 Å². The average molecular weight is 319 g/mol. The third-order valence-corrected chi connectivity index (χ3v) is 3.09. The summed E-state index contributed by atoms with van der Waals surface area (Å²) in [4.78, 5) is 11.7. The van der Waals surface area contributed by atoms with Crippen LogP contribution in [-0.4, -0.2) is 31.2 Å². The molecule has 1 atom stereocenters. The molecule has 1 aromatic rings. The Balaban J connectivity index is 2.55. The summed E-state index contributed by atoms with van der Waals surface area (Å²) in [6, 6.07) is 5.66. The van der Waals surface area contributed by atoms with Gasteiger partial charge in [0.25, 0.3) is 0 Å². The normalized spacial score (nSPS) is 13.4. The third kappa shape index (κ3) is 7.77. The summed E-state index contributed by atoms with van der Waals surface area (Å²) in [6.07, 6.45) is 2.87. The Morgan fingerprint density at radius 3 is 2.52 bits per heavy atom. The first-order chi connectivity index (χ1) is 9.80. The standard InChI is InChI=1S/C14H16F3NO2S/c1-10(9-20-2)18-13(19)8-5-11-3-6-12(7-4-11)21-14(15,16)17/h3-8,10H,9H2,1-2H3,(H,18,19). The highest BCUT2D eigenvalue weighted by atomic mass is 32.2. The highest BCUT2D eigenvalue weighted by Gasteiger charge is 2.28. The van der Waals surface area contributed by atoms with E-state index in [9.17, 15) is 18.0 Å². The number of ether oxygens (including phenoxy) is 1. The van der Waals surface area contributed by atoms with E-state index in [1.807, 2.05) is 0 Å². The second kappa shape index (κ2) is 8.09. The van der Waals surface area contributed by atoms with Crippen LogP contribution in [-0.2, 0) is 9.53 Å². The molecule has 0 saturated heterocycles. The van der Waals surface area contributed by atoms with E-state index in [1.54, 1.807) is 14.0 Å². The van der Waals surface area contributed by atoms with Crippen LogP contribution in [0.2, 0.25) is 0 Å². The number of hydrogen-bond donors (Lipinski definition) is 1. The Kier molecular flexibility index (Phi) is 6.77. The Morgan fingerprint density at radius 2 is 2.00 bits per heavy atom. The first kappa shape index (κ1) is 17.6. The van der Waals surface area contributed by atoms with Gasteiger partial charge in [0.1, 0.15) is 0 Å². The molecule has 1 unspecified atom stereocenters. The van der Waals surface area contributed by atoms with E-state index in [1.165, 1.54) is 36.4 Å². The average Bonchev–Trinajstić information content (AvgIpc) is 2.36. The molecule has 3 nitrogen and oxygen atoms in total. The van der Waals surface area contributed by atoms with Gasteiger partial charge in [-0.05, 0) is 42.5 Å². The number of carbonyl (C=O) groups is 1. The summed E-state index contributed by atoms with van der Waals surface area (Å²) in [5.74, 6) is -0.284. The number of alkyl halides is 3. The maximum Gasteiger partial charge on any atom is 0.446 e. The van der Waals surface area contributed by atoms with Crippen molar-refractivity contribution in [2.45, 2.75) is 23.4 Å². The fraction of sp³-hybridized carbons (Fsp3) is 0.357. The second-order valence-corrected chi connectivity index (χ2v) is 5.45. The van der Waals surface area contributed by atoms with Gasteiger partial charge in [0, 0.05) is 24.1 Å². The maximum absolute atomic E-state index is 12.2. The number of hydrogen-bond acceptors (Lipinski definition) is 3. The van der Waals surface area contributed by atoms with Gasteiger partial charge in [0.05, 0.1) is 6.61 Å². The lowest BCUT2D eigenvalue weighted by molar-refractivity contribution is -0.117. The maximum atomic E-state index is 12.2. The summed E-state index contributed by atoms with van der Waals surface area (Å²) in [5.41, 5.74) is -3.65. The van der Waals surface area contributed by atoms with Crippen molar-refractivity contribution in [2.24, 2.45) is 0 Å². The number of halogens is 3. The molecule has 1 aromatic carbocycles. The van der Waals surface area contributed by atoms with Crippen LogP contribution in [0.3, 0.4) is 0 Å². The number of rotatable bonds is 6. The van der Waals surface area contributed by atoms with Crippen LogP contribution in [0.15, 0.2) is 35.2 Å². The lowest BCUT2D eigenvalue weighted by Gasteiger charge is -2.10. The summed E-state index contributed by atoms with van der Waals surface area (Å²) in [6.45, 7) is 2.21. The zero-order chi connectivity index (χ0) is 15.9. The minimum Gasteiger partial charge on any atom is -0.383 e. The van der Waals surface area contributed by atoms with E-state index in [0.717, 1.165) is 0 Å². The lowest BCUT2D eigenvalue weighted by Crippen LogP contribution is -2.34. The monoisotopic (exact) mass is 319 g/mol. The summed E-state index contributed by atoms with van der Waals surface area (Å²) < 4.78 is 41.4. The molecule has 0 aromatic heterocycles. The van der Waals surface area contributed by atoms with Crippen molar-refractivity contribution in [2.75, 3.05) is 13.7 Å². The van der Waals surface area contributed by atoms with Crippen molar-refractivity contribution in [3.8, 4) is 0 Å². The van der Waals surface area contributed by atoms with Gasteiger partial charge in [-0.1, -0.05) is 12.1 Å². The molecule has 0 radical (unpaired) electrons. The van der Waals surface area contributed by atoms with Crippen LogP contribution in [0.5, 0.6) is 0 Å². The van der Waals surface area contributed by atoms with Gasteiger partial charge >= 0.3 is 5.51 Å². The van der Waals surface area contributed by atoms with E-state index in [0.29, 0.717) is 12.2 Å². The first-order valence-corrected chi connectivity index (χ1v) is 6.95. The van der Waals surface area contributed by atoms with Crippen LogP contribution in [0.1, 0.15) is 12.5 Å². The number of carbonyl (C=O) groups excluding carboxylic acids is 1. The molecule has 0 aliphatic carbocycles. The second-order valence-electron chi connectivity index (χ2n) is 4.32. The molecule has 0 saturated carbocycles. The Bertz CT molecular complexity index is 486. The predicted octanol–water partition coefficient (Wildman–Crippen LogP) is 3.46. The molecule has 0 spiro atoms. The van der Waals surface area contributed by atoms with Gasteiger partial charge in [-0.2, -0.15) is 13.2 Å².